The monoisotopic (exact) mass is 344 g/mol. The first-order chi connectivity index (χ1) is 12.4. The molecule has 0 saturated heterocycles. The maximum atomic E-state index is 12.4. The van der Waals surface area contributed by atoms with Crippen molar-refractivity contribution in [3.63, 3.8) is 0 Å². The average Bonchev–Trinajstić information content (AvgIpc) is 3.00. The first-order valence-corrected chi connectivity index (χ1v) is 8.41. The van der Waals surface area contributed by atoms with E-state index in [4.69, 9.17) is 4.42 Å². The molecule has 1 amide bonds. The number of hydrogen-bond acceptors (Lipinski definition) is 3. The second-order valence-electron chi connectivity index (χ2n) is 7.06. The minimum absolute atomic E-state index is 0.185. The lowest BCUT2D eigenvalue weighted by Gasteiger charge is -2.16. The van der Waals surface area contributed by atoms with Crippen LogP contribution in [0, 0.1) is 16.7 Å². The molecule has 0 aliphatic carbocycles. The number of furan rings is 1. The van der Waals surface area contributed by atoms with Crippen LogP contribution in [0.3, 0.4) is 0 Å². The summed E-state index contributed by atoms with van der Waals surface area (Å²) in [6.07, 6.45) is 0. The van der Waals surface area contributed by atoms with Gasteiger partial charge in [0.25, 0.3) is 0 Å². The van der Waals surface area contributed by atoms with Crippen LogP contribution in [0.4, 0.5) is 5.88 Å². The summed E-state index contributed by atoms with van der Waals surface area (Å²) in [5, 5.41) is 12.5. The van der Waals surface area contributed by atoms with Crippen LogP contribution in [0.2, 0.25) is 0 Å². The van der Waals surface area contributed by atoms with Crippen molar-refractivity contribution in [3.05, 3.63) is 66.2 Å². The number of nitrogens with zero attached hydrogens (tertiary/aromatic N) is 1. The van der Waals surface area contributed by atoms with Crippen LogP contribution < -0.4 is 5.32 Å². The number of benzene rings is 2. The Hall–Kier alpha value is -3.32. The number of nitrogens with one attached hydrogen (secondary N) is 1. The van der Waals surface area contributed by atoms with Crippen molar-refractivity contribution >= 4 is 11.8 Å². The maximum Gasteiger partial charge on any atom is 0.232 e. The summed E-state index contributed by atoms with van der Waals surface area (Å²) >= 11 is 0. The number of amides is 1. The van der Waals surface area contributed by atoms with Gasteiger partial charge in [-0.3, -0.25) is 10.1 Å². The van der Waals surface area contributed by atoms with Crippen molar-refractivity contribution in [2.75, 3.05) is 5.32 Å². The van der Waals surface area contributed by atoms with Gasteiger partial charge in [-0.25, -0.2) is 0 Å². The molecule has 26 heavy (non-hydrogen) atoms. The molecule has 1 N–H and O–H groups in total. The van der Waals surface area contributed by atoms with Gasteiger partial charge in [-0.15, -0.1) is 0 Å². The summed E-state index contributed by atoms with van der Waals surface area (Å²) in [4.78, 5) is 12.4. The molecule has 130 valence electrons. The SMILES string of the molecule is CC(C)(C)C(=O)Nc1oc(-c2ccccc2)c(-c2ccccc2)c1C#N. The van der Waals surface area contributed by atoms with Crippen molar-refractivity contribution in [2.45, 2.75) is 20.8 Å². The summed E-state index contributed by atoms with van der Waals surface area (Å²) in [5.74, 6) is 0.546. The van der Waals surface area contributed by atoms with Gasteiger partial charge < -0.3 is 4.42 Å². The molecule has 2 aromatic carbocycles. The molecule has 0 bridgehead atoms. The Morgan fingerprint density at radius 1 is 0.962 bits per heavy atom. The molecule has 0 atom stereocenters. The minimum atomic E-state index is -0.598. The molecule has 0 unspecified atom stereocenters. The fourth-order valence-electron chi connectivity index (χ4n) is 2.59. The zero-order valence-electron chi connectivity index (χ0n) is 15.0. The van der Waals surface area contributed by atoms with E-state index in [0.29, 0.717) is 16.9 Å². The summed E-state index contributed by atoms with van der Waals surface area (Å²) in [5.41, 5.74) is 2.12. The Morgan fingerprint density at radius 3 is 2.00 bits per heavy atom. The number of nitriles is 1. The summed E-state index contributed by atoms with van der Waals surface area (Å²) in [6.45, 7) is 5.44. The molecule has 0 aliphatic heterocycles. The lowest BCUT2D eigenvalue weighted by Crippen LogP contribution is -2.27. The molecule has 0 saturated carbocycles. The molecule has 1 heterocycles. The van der Waals surface area contributed by atoms with Crippen molar-refractivity contribution in [1.29, 1.82) is 5.26 Å². The lowest BCUT2D eigenvalue weighted by atomic mass is 9.95. The molecule has 0 fully saturated rings. The predicted molar refractivity (Wildman–Crippen MR) is 102 cm³/mol. The van der Waals surface area contributed by atoms with Gasteiger partial charge in [0, 0.05) is 16.5 Å². The smallest absolute Gasteiger partial charge is 0.232 e. The summed E-state index contributed by atoms with van der Waals surface area (Å²) in [6, 6.07) is 21.4. The van der Waals surface area contributed by atoms with Gasteiger partial charge >= 0.3 is 0 Å². The van der Waals surface area contributed by atoms with Gasteiger partial charge in [-0.05, 0) is 5.56 Å². The average molecular weight is 344 g/mol. The Bertz CT molecular complexity index is 959. The Morgan fingerprint density at radius 2 is 1.50 bits per heavy atom. The highest BCUT2D eigenvalue weighted by Crippen LogP contribution is 2.41. The third kappa shape index (κ3) is 3.38. The number of carbonyl (C=O) groups is 1. The van der Waals surface area contributed by atoms with E-state index < -0.39 is 5.41 Å². The highest BCUT2D eigenvalue weighted by atomic mass is 16.4. The van der Waals surface area contributed by atoms with E-state index in [0.717, 1.165) is 11.1 Å². The molecular formula is C22H20N2O2. The first kappa shape index (κ1) is 17.5. The first-order valence-electron chi connectivity index (χ1n) is 8.41. The molecule has 0 spiro atoms. The zero-order valence-corrected chi connectivity index (χ0v) is 15.0. The molecule has 3 rings (SSSR count). The van der Waals surface area contributed by atoms with Gasteiger partial charge in [0.05, 0.1) is 0 Å². The highest BCUT2D eigenvalue weighted by Gasteiger charge is 2.27. The number of carbonyl (C=O) groups excluding carboxylic acids is 1. The van der Waals surface area contributed by atoms with Gasteiger partial charge in [-0.1, -0.05) is 81.4 Å². The van der Waals surface area contributed by atoms with Gasteiger partial charge in [0.2, 0.25) is 11.8 Å². The normalized spacial score (nSPS) is 11.0. The van der Waals surface area contributed by atoms with E-state index in [-0.39, 0.29) is 11.8 Å². The van der Waals surface area contributed by atoms with Crippen LogP contribution in [-0.4, -0.2) is 5.91 Å². The molecular weight excluding hydrogens is 324 g/mol. The van der Waals surface area contributed by atoms with Crippen molar-refractivity contribution in [1.82, 2.24) is 0 Å². The standard InChI is InChI=1S/C22H20N2O2/c1-22(2,3)21(25)24-20-17(14-23)18(15-10-6-4-7-11-15)19(26-20)16-12-8-5-9-13-16/h4-13H,1-3H3,(H,24,25). The van der Waals surface area contributed by atoms with Crippen molar-refractivity contribution < 1.29 is 9.21 Å². The van der Waals surface area contributed by atoms with Gasteiger partial charge in [0.15, 0.2) is 0 Å². The maximum absolute atomic E-state index is 12.4. The predicted octanol–water partition coefficient (Wildman–Crippen LogP) is 5.47. The Kier molecular flexibility index (Phi) is 4.64. The highest BCUT2D eigenvalue weighted by molar-refractivity contribution is 5.97. The van der Waals surface area contributed by atoms with Crippen LogP contribution in [0.25, 0.3) is 22.5 Å². The third-order valence-electron chi connectivity index (χ3n) is 4.03. The van der Waals surface area contributed by atoms with Crippen molar-refractivity contribution in [3.8, 4) is 28.5 Å². The van der Waals surface area contributed by atoms with Gasteiger partial charge in [0.1, 0.15) is 17.4 Å². The lowest BCUT2D eigenvalue weighted by molar-refractivity contribution is -0.123. The van der Waals surface area contributed by atoms with Crippen molar-refractivity contribution in [2.24, 2.45) is 5.41 Å². The quantitative estimate of drug-likeness (QED) is 0.685. The Labute approximate surface area is 153 Å². The minimum Gasteiger partial charge on any atom is -0.438 e. The third-order valence-corrected chi connectivity index (χ3v) is 4.03. The largest absolute Gasteiger partial charge is 0.438 e. The van der Waals surface area contributed by atoms with E-state index >= 15 is 0 Å². The van der Waals surface area contributed by atoms with Crippen LogP contribution in [0.1, 0.15) is 26.3 Å². The number of rotatable bonds is 3. The molecule has 0 aliphatic rings. The number of hydrogen-bond donors (Lipinski definition) is 1. The fourth-order valence-corrected chi connectivity index (χ4v) is 2.59. The van der Waals surface area contributed by atoms with Crippen LogP contribution >= 0.6 is 0 Å². The molecule has 4 nitrogen and oxygen atoms in total. The van der Waals surface area contributed by atoms with E-state index in [2.05, 4.69) is 11.4 Å². The van der Waals surface area contributed by atoms with Crippen LogP contribution in [0.5, 0.6) is 0 Å². The van der Waals surface area contributed by atoms with Gasteiger partial charge in [-0.2, -0.15) is 5.26 Å². The van der Waals surface area contributed by atoms with E-state index in [9.17, 15) is 10.1 Å². The van der Waals surface area contributed by atoms with E-state index in [1.807, 2.05) is 81.4 Å². The zero-order chi connectivity index (χ0) is 18.7. The van der Waals surface area contributed by atoms with Crippen LogP contribution in [-0.2, 0) is 4.79 Å². The fraction of sp³-hybridized carbons (Fsp3) is 0.182. The second-order valence-corrected chi connectivity index (χ2v) is 7.06. The molecule has 4 heteroatoms. The molecule has 1 aromatic heterocycles. The number of anilines is 1. The second kappa shape index (κ2) is 6.89. The summed E-state index contributed by atoms with van der Waals surface area (Å²) in [7, 11) is 0. The van der Waals surface area contributed by atoms with E-state index in [1.54, 1.807) is 0 Å². The molecule has 0 radical (unpaired) electrons. The summed E-state index contributed by atoms with van der Waals surface area (Å²) < 4.78 is 5.99. The Balaban J connectivity index is 2.21. The molecule has 3 aromatic rings. The topological polar surface area (TPSA) is 66.0 Å². The van der Waals surface area contributed by atoms with E-state index in [1.165, 1.54) is 0 Å². The van der Waals surface area contributed by atoms with Crippen LogP contribution in [0.15, 0.2) is 65.1 Å².